The van der Waals surface area contributed by atoms with Crippen LogP contribution < -0.4 is 5.32 Å². The molecule has 1 aromatic carbocycles. The Bertz CT molecular complexity index is 802. The summed E-state index contributed by atoms with van der Waals surface area (Å²) in [4.78, 5) is 23.5. The van der Waals surface area contributed by atoms with Gasteiger partial charge in [0.1, 0.15) is 5.15 Å². The van der Waals surface area contributed by atoms with E-state index in [4.69, 9.17) is 11.6 Å². The first-order chi connectivity index (χ1) is 10.0. The molecule has 106 valence electrons. The van der Waals surface area contributed by atoms with Crippen molar-refractivity contribution in [1.82, 2.24) is 15.0 Å². The smallest absolute Gasteiger partial charge is 0.261 e. The van der Waals surface area contributed by atoms with E-state index in [1.807, 2.05) is 26.0 Å². The Hall–Kier alpha value is -2.40. The number of imidazole rings is 1. The normalized spacial score (nSPS) is 10.8. The quantitative estimate of drug-likeness (QED) is 0.712. The Kier molecular flexibility index (Phi) is 3.35. The highest BCUT2D eigenvalue weighted by Crippen LogP contribution is 2.20. The number of anilines is 1. The monoisotopic (exact) mass is 300 g/mol. The van der Waals surface area contributed by atoms with Crippen LogP contribution in [0.3, 0.4) is 0 Å². The van der Waals surface area contributed by atoms with Gasteiger partial charge in [-0.2, -0.15) is 0 Å². The molecule has 0 fully saturated rings. The van der Waals surface area contributed by atoms with E-state index in [0.29, 0.717) is 11.5 Å². The second kappa shape index (κ2) is 5.18. The number of H-pyrrole nitrogens is 1. The van der Waals surface area contributed by atoms with Crippen molar-refractivity contribution < 1.29 is 4.79 Å². The first kappa shape index (κ1) is 13.6. The third-order valence-electron chi connectivity index (χ3n) is 3.33. The van der Waals surface area contributed by atoms with Gasteiger partial charge in [-0.3, -0.25) is 10.1 Å². The van der Waals surface area contributed by atoms with Gasteiger partial charge in [0.05, 0.1) is 16.6 Å². The SMILES string of the molecule is Cc1cc2nc(NC(=O)c3cccnc3Cl)[nH]c2cc1C. The van der Waals surface area contributed by atoms with Gasteiger partial charge in [0.15, 0.2) is 0 Å². The maximum absolute atomic E-state index is 12.2. The summed E-state index contributed by atoms with van der Waals surface area (Å²) in [7, 11) is 0. The van der Waals surface area contributed by atoms with Gasteiger partial charge in [-0.15, -0.1) is 0 Å². The average molecular weight is 301 g/mol. The van der Waals surface area contributed by atoms with Crippen molar-refractivity contribution in [2.75, 3.05) is 5.32 Å². The Morgan fingerprint density at radius 1 is 1.29 bits per heavy atom. The summed E-state index contributed by atoms with van der Waals surface area (Å²) in [5.41, 5.74) is 4.32. The molecule has 2 aromatic heterocycles. The molecule has 0 unspecified atom stereocenters. The molecule has 21 heavy (non-hydrogen) atoms. The summed E-state index contributed by atoms with van der Waals surface area (Å²) in [6, 6.07) is 7.26. The first-order valence-electron chi connectivity index (χ1n) is 6.43. The highest BCUT2D eigenvalue weighted by atomic mass is 35.5. The van der Waals surface area contributed by atoms with Crippen molar-refractivity contribution in [3.8, 4) is 0 Å². The number of hydrogen-bond acceptors (Lipinski definition) is 3. The van der Waals surface area contributed by atoms with E-state index in [0.717, 1.165) is 16.6 Å². The van der Waals surface area contributed by atoms with Gasteiger partial charge in [0, 0.05) is 6.20 Å². The van der Waals surface area contributed by atoms with E-state index in [-0.39, 0.29) is 11.1 Å². The topological polar surface area (TPSA) is 70.7 Å². The van der Waals surface area contributed by atoms with Crippen LogP contribution in [0.25, 0.3) is 11.0 Å². The van der Waals surface area contributed by atoms with Gasteiger partial charge in [0.2, 0.25) is 5.95 Å². The minimum absolute atomic E-state index is 0.165. The largest absolute Gasteiger partial charge is 0.324 e. The molecule has 5 nitrogen and oxygen atoms in total. The van der Waals surface area contributed by atoms with Crippen LogP contribution >= 0.6 is 11.6 Å². The Morgan fingerprint density at radius 2 is 2.05 bits per heavy atom. The van der Waals surface area contributed by atoms with E-state index >= 15 is 0 Å². The molecule has 0 saturated heterocycles. The van der Waals surface area contributed by atoms with Crippen LogP contribution in [0.5, 0.6) is 0 Å². The lowest BCUT2D eigenvalue weighted by Crippen LogP contribution is -2.13. The molecular weight excluding hydrogens is 288 g/mol. The number of rotatable bonds is 2. The first-order valence-corrected chi connectivity index (χ1v) is 6.81. The highest BCUT2D eigenvalue weighted by molar-refractivity contribution is 6.33. The number of nitrogens with zero attached hydrogens (tertiary/aromatic N) is 2. The van der Waals surface area contributed by atoms with E-state index in [9.17, 15) is 4.79 Å². The van der Waals surface area contributed by atoms with Gasteiger partial charge in [-0.25, -0.2) is 9.97 Å². The summed E-state index contributed by atoms with van der Waals surface area (Å²) in [6.45, 7) is 4.06. The number of nitrogens with one attached hydrogen (secondary N) is 2. The lowest BCUT2D eigenvalue weighted by atomic mass is 10.1. The van der Waals surface area contributed by atoms with Crippen LogP contribution in [-0.2, 0) is 0 Å². The number of carbonyl (C=O) groups is 1. The number of aromatic amines is 1. The Morgan fingerprint density at radius 3 is 2.81 bits per heavy atom. The predicted octanol–water partition coefficient (Wildman–Crippen LogP) is 3.48. The molecule has 2 heterocycles. The van der Waals surface area contributed by atoms with Crippen LogP contribution in [0, 0.1) is 13.8 Å². The third kappa shape index (κ3) is 2.60. The molecule has 0 aliphatic heterocycles. The van der Waals surface area contributed by atoms with Crippen LogP contribution in [-0.4, -0.2) is 20.9 Å². The third-order valence-corrected chi connectivity index (χ3v) is 3.63. The molecule has 1 amide bonds. The molecule has 6 heteroatoms. The molecule has 0 aliphatic rings. The summed E-state index contributed by atoms with van der Waals surface area (Å²) in [5, 5.41) is 2.86. The van der Waals surface area contributed by atoms with Crippen molar-refractivity contribution in [3.63, 3.8) is 0 Å². The number of halogens is 1. The van der Waals surface area contributed by atoms with E-state index in [1.54, 1.807) is 12.1 Å². The van der Waals surface area contributed by atoms with Crippen LogP contribution in [0.4, 0.5) is 5.95 Å². The predicted molar refractivity (Wildman–Crippen MR) is 82.8 cm³/mol. The van der Waals surface area contributed by atoms with Crippen LogP contribution in [0.15, 0.2) is 30.5 Å². The second-order valence-corrected chi connectivity index (χ2v) is 5.19. The minimum atomic E-state index is -0.347. The summed E-state index contributed by atoms with van der Waals surface area (Å²) < 4.78 is 0. The zero-order valence-electron chi connectivity index (χ0n) is 11.6. The number of benzene rings is 1. The molecule has 0 spiro atoms. The number of pyridine rings is 1. The molecule has 0 aliphatic carbocycles. The van der Waals surface area contributed by atoms with Crippen LogP contribution in [0.1, 0.15) is 21.5 Å². The Labute approximate surface area is 126 Å². The van der Waals surface area contributed by atoms with Crippen molar-refractivity contribution >= 4 is 34.5 Å². The minimum Gasteiger partial charge on any atom is -0.324 e. The molecular formula is C15H13ClN4O. The zero-order valence-corrected chi connectivity index (χ0v) is 12.3. The zero-order chi connectivity index (χ0) is 15.0. The van der Waals surface area contributed by atoms with Gasteiger partial charge in [-0.1, -0.05) is 11.6 Å². The number of aryl methyl sites for hydroxylation is 2. The lowest BCUT2D eigenvalue weighted by molar-refractivity contribution is 0.102. The molecule has 0 bridgehead atoms. The van der Waals surface area contributed by atoms with Crippen molar-refractivity contribution in [3.05, 3.63) is 52.3 Å². The molecule has 2 N–H and O–H groups in total. The summed E-state index contributed by atoms with van der Waals surface area (Å²) >= 11 is 5.90. The van der Waals surface area contributed by atoms with Gasteiger partial charge >= 0.3 is 0 Å². The Balaban J connectivity index is 1.92. The second-order valence-electron chi connectivity index (χ2n) is 4.83. The fourth-order valence-electron chi connectivity index (χ4n) is 2.06. The van der Waals surface area contributed by atoms with Crippen LogP contribution in [0.2, 0.25) is 5.15 Å². The fraction of sp³-hybridized carbons (Fsp3) is 0.133. The molecule has 0 radical (unpaired) electrons. The van der Waals surface area contributed by atoms with E-state index in [2.05, 4.69) is 20.3 Å². The number of carbonyl (C=O) groups excluding carboxylic acids is 1. The van der Waals surface area contributed by atoms with Gasteiger partial charge in [-0.05, 0) is 49.2 Å². The average Bonchev–Trinajstić information content (AvgIpc) is 2.81. The number of hydrogen-bond donors (Lipinski definition) is 2. The standard InChI is InChI=1S/C15H13ClN4O/c1-8-6-11-12(7-9(8)2)19-15(18-11)20-14(21)10-4-3-5-17-13(10)16/h3-7H,1-2H3,(H2,18,19,20,21). The summed E-state index contributed by atoms with van der Waals surface area (Å²) in [6.07, 6.45) is 1.53. The maximum atomic E-state index is 12.2. The van der Waals surface area contributed by atoms with Crippen molar-refractivity contribution in [2.24, 2.45) is 0 Å². The van der Waals surface area contributed by atoms with Gasteiger partial charge in [0.25, 0.3) is 5.91 Å². The number of aromatic nitrogens is 3. The molecule has 3 rings (SSSR count). The summed E-state index contributed by atoms with van der Waals surface area (Å²) in [5.74, 6) is 0.0421. The molecule has 3 aromatic rings. The number of fused-ring (bicyclic) bond motifs is 1. The van der Waals surface area contributed by atoms with E-state index < -0.39 is 0 Å². The lowest BCUT2D eigenvalue weighted by Gasteiger charge is -2.02. The molecule has 0 atom stereocenters. The van der Waals surface area contributed by atoms with E-state index in [1.165, 1.54) is 11.8 Å². The number of amides is 1. The maximum Gasteiger partial charge on any atom is 0.261 e. The molecule has 0 saturated carbocycles. The fourth-order valence-corrected chi connectivity index (χ4v) is 2.26. The van der Waals surface area contributed by atoms with Gasteiger partial charge < -0.3 is 4.98 Å². The highest BCUT2D eigenvalue weighted by Gasteiger charge is 2.13. The van der Waals surface area contributed by atoms with Crippen molar-refractivity contribution in [1.29, 1.82) is 0 Å². The van der Waals surface area contributed by atoms with Crippen molar-refractivity contribution in [2.45, 2.75) is 13.8 Å².